The fourth-order valence-corrected chi connectivity index (χ4v) is 2.91. The maximum Gasteiger partial charge on any atom is 0.337 e. The van der Waals surface area contributed by atoms with Gasteiger partial charge in [0.15, 0.2) is 0 Å². The molecular formula is C24H20N2O6. The van der Waals surface area contributed by atoms with Crippen LogP contribution in [0.15, 0.2) is 72.8 Å². The Morgan fingerprint density at radius 3 is 1.66 bits per heavy atom. The average molecular weight is 432 g/mol. The highest BCUT2D eigenvalue weighted by Crippen LogP contribution is 2.19. The summed E-state index contributed by atoms with van der Waals surface area (Å²) in [7, 11) is 2.42. The lowest BCUT2D eigenvalue weighted by molar-refractivity contribution is 0.0598. The minimum atomic E-state index is -0.670. The van der Waals surface area contributed by atoms with Gasteiger partial charge in [0.25, 0.3) is 11.8 Å². The van der Waals surface area contributed by atoms with E-state index in [0.717, 1.165) is 0 Å². The Morgan fingerprint density at radius 2 is 1.06 bits per heavy atom. The van der Waals surface area contributed by atoms with E-state index < -0.39 is 17.8 Å². The van der Waals surface area contributed by atoms with Crippen molar-refractivity contribution in [2.75, 3.05) is 24.9 Å². The van der Waals surface area contributed by atoms with Crippen molar-refractivity contribution >= 4 is 35.1 Å². The third-order valence-electron chi connectivity index (χ3n) is 4.45. The summed E-state index contributed by atoms with van der Waals surface area (Å²) in [5.41, 5.74) is 1.54. The lowest BCUT2D eigenvalue weighted by atomic mass is 10.1. The summed E-state index contributed by atoms with van der Waals surface area (Å²) in [6, 6.07) is 19.1. The van der Waals surface area contributed by atoms with Gasteiger partial charge in [0.05, 0.1) is 25.3 Å². The van der Waals surface area contributed by atoms with Gasteiger partial charge in [-0.15, -0.1) is 0 Å². The first-order valence-corrected chi connectivity index (χ1v) is 9.51. The van der Waals surface area contributed by atoms with Crippen molar-refractivity contribution in [2.24, 2.45) is 0 Å². The molecule has 2 N–H and O–H groups in total. The largest absolute Gasteiger partial charge is 0.465 e. The first kappa shape index (κ1) is 22.2. The summed E-state index contributed by atoms with van der Waals surface area (Å²) < 4.78 is 9.39. The maximum atomic E-state index is 12.8. The molecule has 0 spiro atoms. The highest BCUT2D eigenvalue weighted by molar-refractivity contribution is 6.08. The molecule has 0 saturated carbocycles. The molecular weight excluding hydrogens is 412 g/mol. The molecule has 0 aromatic heterocycles. The van der Waals surface area contributed by atoms with Gasteiger partial charge in [0.2, 0.25) is 0 Å². The molecule has 32 heavy (non-hydrogen) atoms. The molecule has 0 aliphatic heterocycles. The summed E-state index contributed by atoms with van der Waals surface area (Å²) in [6.45, 7) is 0. The molecule has 0 saturated heterocycles. The van der Waals surface area contributed by atoms with Crippen LogP contribution < -0.4 is 10.6 Å². The molecule has 0 bridgehead atoms. The Hall–Kier alpha value is -4.46. The van der Waals surface area contributed by atoms with Crippen LogP contribution in [0.2, 0.25) is 0 Å². The number of esters is 2. The van der Waals surface area contributed by atoms with Crippen LogP contribution in [-0.4, -0.2) is 38.0 Å². The zero-order valence-corrected chi connectivity index (χ0v) is 17.4. The number of benzene rings is 3. The number of rotatable bonds is 6. The number of carbonyl (C=O) groups is 4. The summed E-state index contributed by atoms with van der Waals surface area (Å²) >= 11 is 0. The van der Waals surface area contributed by atoms with E-state index in [1.807, 2.05) is 6.07 Å². The van der Waals surface area contributed by atoms with Gasteiger partial charge in [0.1, 0.15) is 0 Å². The number of ether oxygens (including phenoxy) is 2. The Labute approximate surface area is 184 Å². The van der Waals surface area contributed by atoms with Gasteiger partial charge in [-0.25, -0.2) is 9.59 Å². The number of nitrogens with one attached hydrogen (secondary N) is 2. The molecule has 0 aliphatic rings. The number of methoxy groups -OCH3 is 2. The van der Waals surface area contributed by atoms with E-state index in [0.29, 0.717) is 11.3 Å². The molecule has 0 atom stereocenters. The van der Waals surface area contributed by atoms with E-state index in [9.17, 15) is 19.2 Å². The van der Waals surface area contributed by atoms with Crippen LogP contribution in [0.3, 0.4) is 0 Å². The second-order valence-corrected chi connectivity index (χ2v) is 6.64. The average Bonchev–Trinajstić information content (AvgIpc) is 2.83. The highest BCUT2D eigenvalue weighted by atomic mass is 16.5. The second kappa shape index (κ2) is 10.0. The monoisotopic (exact) mass is 432 g/mol. The maximum absolute atomic E-state index is 12.8. The third-order valence-corrected chi connectivity index (χ3v) is 4.45. The van der Waals surface area contributed by atoms with Crippen LogP contribution in [0.5, 0.6) is 0 Å². The van der Waals surface area contributed by atoms with E-state index in [1.165, 1.54) is 38.5 Å². The lowest BCUT2D eigenvalue weighted by Crippen LogP contribution is -2.15. The van der Waals surface area contributed by atoms with Crippen molar-refractivity contribution in [1.82, 2.24) is 0 Å². The fraction of sp³-hybridized carbons (Fsp3) is 0.0833. The molecule has 8 heteroatoms. The minimum absolute atomic E-state index is 0.0783. The van der Waals surface area contributed by atoms with E-state index >= 15 is 0 Å². The van der Waals surface area contributed by atoms with Gasteiger partial charge in [-0.2, -0.15) is 0 Å². The Bertz CT molecular complexity index is 1140. The number of amides is 2. The smallest absolute Gasteiger partial charge is 0.337 e. The number of anilines is 2. The zero-order valence-electron chi connectivity index (χ0n) is 17.4. The van der Waals surface area contributed by atoms with Gasteiger partial charge >= 0.3 is 11.9 Å². The third kappa shape index (κ3) is 5.37. The quantitative estimate of drug-likeness (QED) is 0.574. The molecule has 3 aromatic rings. The van der Waals surface area contributed by atoms with Crippen LogP contribution in [0.25, 0.3) is 0 Å². The molecule has 0 radical (unpaired) electrons. The minimum Gasteiger partial charge on any atom is -0.465 e. The predicted octanol–water partition coefficient (Wildman–Crippen LogP) is 3.76. The fourth-order valence-electron chi connectivity index (χ4n) is 2.91. The SMILES string of the molecule is COC(=O)c1cc(NC(=O)c2cccc(NC(=O)c3ccccc3)c2)cc(C(=O)OC)c1. The van der Waals surface area contributed by atoms with Crippen molar-refractivity contribution in [1.29, 1.82) is 0 Å². The van der Waals surface area contributed by atoms with Crippen LogP contribution >= 0.6 is 0 Å². The number of carbonyl (C=O) groups excluding carboxylic acids is 4. The number of hydrogen-bond donors (Lipinski definition) is 2. The molecule has 0 aliphatic carbocycles. The van der Waals surface area contributed by atoms with Crippen molar-refractivity contribution < 1.29 is 28.7 Å². The normalized spacial score (nSPS) is 10.1. The second-order valence-electron chi connectivity index (χ2n) is 6.64. The topological polar surface area (TPSA) is 111 Å². The number of hydrogen-bond acceptors (Lipinski definition) is 6. The molecule has 2 amide bonds. The highest BCUT2D eigenvalue weighted by Gasteiger charge is 2.16. The van der Waals surface area contributed by atoms with Gasteiger partial charge in [-0.3, -0.25) is 9.59 Å². The van der Waals surface area contributed by atoms with Crippen molar-refractivity contribution in [3.63, 3.8) is 0 Å². The lowest BCUT2D eigenvalue weighted by Gasteiger charge is -2.11. The van der Waals surface area contributed by atoms with E-state index in [1.54, 1.807) is 42.5 Å². The predicted molar refractivity (Wildman–Crippen MR) is 118 cm³/mol. The van der Waals surface area contributed by atoms with E-state index in [-0.39, 0.29) is 28.3 Å². The van der Waals surface area contributed by atoms with Gasteiger partial charge < -0.3 is 20.1 Å². The van der Waals surface area contributed by atoms with Crippen molar-refractivity contribution in [3.05, 3.63) is 95.1 Å². The summed E-state index contributed by atoms with van der Waals surface area (Å²) in [5, 5.41) is 5.38. The first-order valence-electron chi connectivity index (χ1n) is 9.51. The molecule has 8 nitrogen and oxygen atoms in total. The Morgan fingerprint density at radius 1 is 0.562 bits per heavy atom. The molecule has 3 rings (SSSR count). The first-order chi connectivity index (χ1) is 15.4. The van der Waals surface area contributed by atoms with E-state index in [2.05, 4.69) is 10.6 Å². The molecule has 162 valence electrons. The van der Waals surface area contributed by atoms with Gasteiger partial charge in [-0.1, -0.05) is 24.3 Å². The van der Waals surface area contributed by atoms with Gasteiger partial charge in [0, 0.05) is 22.5 Å². The molecule has 3 aromatic carbocycles. The summed E-state index contributed by atoms with van der Waals surface area (Å²) in [5.74, 6) is -2.15. The van der Waals surface area contributed by atoms with Crippen LogP contribution in [0, 0.1) is 0 Å². The van der Waals surface area contributed by atoms with Crippen LogP contribution in [-0.2, 0) is 9.47 Å². The molecule has 0 fully saturated rings. The summed E-state index contributed by atoms with van der Waals surface area (Å²) in [6.07, 6.45) is 0. The van der Waals surface area contributed by atoms with Gasteiger partial charge in [-0.05, 0) is 48.5 Å². The van der Waals surface area contributed by atoms with Crippen LogP contribution in [0.1, 0.15) is 41.4 Å². The van der Waals surface area contributed by atoms with E-state index in [4.69, 9.17) is 9.47 Å². The molecule has 0 heterocycles. The molecule has 0 unspecified atom stereocenters. The van der Waals surface area contributed by atoms with Crippen molar-refractivity contribution in [3.8, 4) is 0 Å². The zero-order chi connectivity index (χ0) is 23.1. The Balaban J connectivity index is 1.81. The van der Waals surface area contributed by atoms with Crippen molar-refractivity contribution in [2.45, 2.75) is 0 Å². The standard InChI is InChI=1S/C24H20N2O6/c1-31-23(29)17-11-18(24(30)32-2)14-20(13-17)26-22(28)16-9-6-10-19(12-16)25-21(27)15-7-4-3-5-8-15/h3-14H,1-2H3,(H,25,27)(H,26,28). The summed E-state index contributed by atoms with van der Waals surface area (Å²) in [4.78, 5) is 49.0. The Kier molecular flexibility index (Phi) is 6.97. The van der Waals surface area contributed by atoms with Crippen LogP contribution in [0.4, 0.5) is 11.4 Å².